The van der Waals surface area contributed by atoms with E-state index in [1.54, 1.807) is 6.92 Å². The van der Waals surface area contributed by atoms with Gasteiger partial charge in [0.2, 0.25) is 5.91 Å². The first-order chi connectivity index (χ1) is 13.9. The standard InChI is InChI=1S/C21H31N3O4S/c1-16(25)23-8-3-7-22(11-12-23)9-5-18-15-24(10-6-17(18)14-20(26)27)21(28)19-4-2-13-29-19/h2,4,13,17-18H,3,5-12,14-15H2,1H3,(H,26,27)/t17-,18-/m0/s1. The number of likely N-dealkylation sites (tertiary alicyclic amines) is 1. The number of quaternary nitrogens is 1. The summed E-state index contributed by atoms with van der Waals surface area (Å²) in [5.41, 5.74) is 0. The normalized spacial score (nSPS) is 25.5. The van der Waals surface area contributed by atoms with Crippen molar-refractivity contribution in [1.82, 2.24) is 9.80 Å². The fourth-order valence-electron chi connectivity index (χ4n) is 4.64. The third-order valence-corrected chi connectivity index (χ3v) is 7.20. The lowest BCUT2D eigenvalue weighted by atomic mass is 9.81. The lowest BCUT2D eigenvalue weighted by Crippen LogP contribution is -3.12. The third-order valence-electron chi connectivity index (χ3n) is 6.35. The van der Waals surface area contributed by atoms with Crippen molar-refractivity contribution in [3.63, 3.8) is 0 Å². The third kappa shape index (κ3) is 6.02. The summed E-state index contributed by atoms with van der Waals surface area (Å²) >= 11 is 1.45. The minimum absolute atomic E-state index is 0.0520. The maximum Gasteiger partial charge on any atom is 0.263 e. The highest BCUT2D eigenvalue weighted by Crippen LogP contribution is 2.30. The molecule has 7 nitrogen and oxygen atoms in total. The van der Waals surface area contributed by atoms with Crippen LogP contribution in [0.25, 0.3) is 0 Å². The monoisotopic (exact) mass is 421 g/mol. The van der Waals surface area contributed by atoms with Gasteiger partial charge < -0.3 is 24.6 Å². The quantitative estimate of drug-likeness (QED) is 0.671. The largest absolute Gasteiger partial charge is 0.550 e. The van der Waals surface area contributed by atoms with Crippen molar-refractivity contribution in [2.24, 2.45) is 11.8 Å². The van der Waals surface area contributed by atoms with E-state index in [2.05, 4.69) is 0 Å². The first kappa shape index (κ1) is 21.8. The van der Waals surface area contributed by atoms with Crippen molar-refractivity contribution in [1.29, 1.82) is 0 Å². The van der Waals surface area contributed by atoms with Crippen molar-refractivity contribution < 1.29 is 24.4 Å². The lowest BCUT2D eigenvalue weighted by molar-refractivity contribution is -0.898. The van der Waals surface area contributed by atoms with E-state index in [9.17, 15) is 19.5 Å². The predicted octanol–water partition coefficient (Wildman–Crippen LogP) is -0.506. The number of carboxylic acid groups (broad SMARTS) is 1. The smallest absolute Gasteiger partial charge is 0.263 e. The molecule has 0 aromatic carbocycles. The van der Waals surface area contributed by atoms with Gasteiger partial charge >= 0.3 is 0 Å². The number of carbonyl (C=O) groups is 3. The van der Waals surface area contributed by atoms with Crippen LogP contribution in [0.4, 0.5) is 0 Å². The highest BCUT2D eigenvalue weighted by atomic mass is 32.1. The number of aliphatic carboxylic acids is 1. The van der Waals surface area contributed by atoms with Crippen molar-refractivity contribution >= 4 is 29.1 Å². The van der Waals surface area contributed by atoms with Crippen molar-refractivity contribution in [3.05, 3.63) is 22.4 Å². The number of carboxylic acids is 1. The molecule has 0 bridgehead atoms. The molecule has 1 aromatic heterocycles. The fourth-order valence-corrected chi connectivity index (χ4v) is 5.33. The number of hydrogen-bond acceptors (Lipinski definition) is 5. The van der Waals surface area contributed by atoms with Gasteiger partial charge in [-0.2, -0.15) is 0 Å². The van der Waals surface area contributed by atoms with E-state index in [1.165, 1.54) is 16.2 Å². The summed E-state index contributed by atoms with van der Waals surface area (Å²) in [7, 11) is 0. The van der Waals surface area contributed by atoms with E-state index in [1.807, 2.05) is 27.3 Å². The highest BCUT2D eigenvalue weighted by molar-refractivity contribution is 7.12. The number of nitrogens with one attached hydrogen (secondary N) is 1. The average molecular weight is 422 g/mol. The Morgan fingerprint density at radius 3 is 2.69 bits per heavy atom. The van der Waals surface area contributed by atoms with Gasteiger partial charge in [0, 0.05) is 45.4 Å². The Balaban J connectivity index is 1.59. The molecule has 3 rings (SSSR count). The Kier molecular flexibility index (Phi) is 7.66. The Morgan fingerprint density at radius 2 is 2.00 bits per heavy atom. The Hall–Kier alpha value is -1.93. The van der Waals surface area contributed by atoms with E-state index in [-0.39, 0.29) is 30.1 Å². The SMILES string of the molecule is CC(=O)N1CCC[NH+](CC[C@H]2CN(C(=O)c3cccs3)CC[C@H]2CC(=O)[O-])CC1. The molecule has 3 heterocycles. The summed E-state index contributed by atoms with van der Waals surface area (Å²) in [4.78, 5) is 41.6. The fraction of sp³-hybridized carbons (Fsp3) is 0.667. The van der Waals surface area contributed by atoms with Crippen molar-refractivity contribution in [3.8, 4) is 0 Å². The van der Waals surface area contributed by atoms with Crippen LogP contribution in [-0.4, -0.2) is 73.4 Å². The van der Waals surface area contributed by atoms with E-state index in [0.29, 0.717) is 19.5 Å². The molecule has 0 aliphatic carbocycles. The number of carbonyl (C=O) groups excluding carboxylic acids is 3. The number of thiophene rings is 1. The van der Waals surface area contributed by atoms with Crippen LogP contribution in [0.2, 0.25) is 0 Å². The molecule has 2 aliphatic rings. The zero-order valence-electron chi connectivity index (χ0n) is 17.1. The topological polar surface area (TPSA) is 85.2 Å². The molecule has 1 aromatic rings. The van der Waals surface area contributed by atoms with Gasteiger partial charge in [-0.05, 0) is 36.1 Å². The number of hydrogen-bond donors (Lipinski definition) is 1. The number of piperidine rings is 1. The summed E-state index contributed by atoms with van der Waals surface area (Å²) in [5, 5.41) is 13.1. The molecule has 2 fully saturated rings. The van der Waals surface area contributed by atoms with Crippen molar-refractivity contribution in [2.45, 2.75) is 32.6 Å². The van der Waals surface area contributed by atoms with E-state index >= 15 is 0 Å². The second-order valence-electron chi connectivity index (χ2n) is 8.26. The predicted molar refractivity (Wildman–Crippen MR) is 108 cm³/mol. The zero-order chi connectivity index (χ0) is 20.8. The van der Waals surface area contributed by atoms with Crippen LogP contribution in [0.15, 0.2) is 17.5 Å². The Labute approximate surface area is 176 Å². The first-order valence-electron chi connectivity index (χ1n) is 10.6. The van der Waals surface area contributed by atoms with E-state index in [4.69, 9.17) is 0 Å². The maximum absolute atomic E-state index is 12.8. The summed E-state index contributed by atoms with van der Waals surface area (Å²) in [5.74, 6) is -0.582. The molecule has 2 saturated heterocycles. The van der Waals surface area contributed by atoms with Gasteiger partial charge in [-0.3, -0.25) is 9.59 Å². The van der Waals surface area contributed by atoms with E-state index < -0.39 is 5.97 Å². The Morgan fingerprint density at radius 1 is 1.17 bits per heavy atom. The van der Waals surface area contributed by atoms with Gasteiger partial charge in [0.25, 0.3) is 5.91 Å². The van der Waals surface area contributed by atoms with Gasteiger partial charge in [0.05, 0.1) is 31.1 Å². The Bertz CT molecular complexity index is 709. The van der Waals surface area contributed by atoms with Gasteiger partial charge in [-0.15, -0.1) is 11.3 Å². The van der Waals surface area contributed by atoms with Crippen LogP contribution in [0.5, 0.6) is 0 Å². The molecule has 2 aliphatic heterocycles. The van der Waals surface area contributed by atoms with Gasteiger partial charge in [0.15, 0.2) is 0 Å². The molecule has 0 saturated carbocycles. The summed E-state index contributed by atoms with van der Waals surface area (Å²) in [6.45, 7) is 7.34. The number of nitrogens with zero attached hydrogens (tertiary/aromatic N) is 2. The van der Waals surface area contributed by atoms with Gasteiger partial charge in [-0.1, -0.05) is 6.07 Å². The van der Waals surface area contributed by atoms with Crippen LogP contribution in [0.1, 0.15) is 42.3 Å². The summed E-state index contributed by atoms with van der Waals surface area (Å²) in [6.07, 6.45) is 2.66. The number of rotatable bonds is 6. The molecule has 3 atom stereocenters. The van der Waals surface area contributed by atoms with Crippen LogP contribution < -0.4 is 10.0 Å². The molecule has 1 unspecified atom stereocenters. The zero-order valence-corrected chi connectivity index (χ0v) is 17.9. The molecular weight excluding hydrogens is 390 g/mol. The molecule has 2 amide bonds. The van der Waals surface area contributed by atoms with Gasteiger partial charge in [0.1, 0.15) is 0 Å². The molecule has 160 valence electrons. The van der Waals surface area contributed by atoms with Crippen LogP contribution >= 0.6 is 11.3 Å². The second-order valence-corrected chi connectivity index (χ2v) is 9.21. The lowest BCUT2D eigenvalue weighted by Gasteiger charge is -2.39. The summed E-state index contributed by atoms with van der Waals surface area (Å²) < 4.78 is 0. The van der Waals surface area contributed by atoms with Crippen LogP contribution in [0.3, 0.4) is 0 Å². The highest BCUT2D eigenvalue weighted by Gasteiger charge is 2.33. The second kappa shape index (κ2) is 10.2. The van der Waals surface area contributed by atoms with Gasteiger partial charge in [-0.25, -0.2) is 0 Å². The van der Waals surface area contributed by atoms with Crippen molar-refractivity contribution in [2.75, 3.05) is 45.8 Å². The minimum Gasteiger partial charge on any atom is -0.550 e. The summed E-state index contributed by atoms with van der Waals surface area (Å²) in [6, 6.07) is 3.72. The minimum atomic E-state index is -1.00. The van der Waals surface area contributed by atoms with Crippen LogP contribution in [-0.2, 0) is 9.59 Å². The maximum atomic E-state index is 12.8. The average Bonchev–Trinajstić information content (AvgIpc) is 3.11. The molecule has 0 spiro atoms. The molecule has 1 N–H and O–H groups in total. The molecular formula is C21H31N3O4S. The van der Waals surface area contributed by atoms with Crippen LogP contribution in [0, 0.1) is 11.8 Å². The molecule has 29 heavy (non-hydrogen) atoms. The number of amides is 2. The van der Waals surface area contributed by atoms with E-state index in [0.717, 1.165) is 50.4 Å². The molecule has 8 heteroatoms. The molecule has 0 radical (unpaired) electrons. The first-order valence-corrected chi connectivity index (χ1v) is 11.4.